The van der Waals surface area contributed by atoms with Crippen LogP contribution in [0.1, 0.15) is 27.7 Å². The molecule has 0 heterocycles. The molecule has 0 aliphatic heterocycles. The van der Waals surface area contributed by atoms with Gasteiger partial charge in [-0.25, -0.2) is 0 Å². The maximum atomic E-state index is 11.6. The summed E-state index contributed by atoms with van der Waals surface area (Å²) in [7, 11) is 0. The summed E-state index contributed by atoms with van der Waals surface area (Å²) in [6.45, 7) is 8.00. The highest BCUT2D eigenvalue weighted by Gasteiger charge is 2.17. The predicted molar refractivity (Wildman–Crippen MR) is 78.6 cm³/mol. The average molecular weight is 283 g/mol. The molecule has 0 aliphatic rings. The SMILES string of the molecule is CCOc1cccc(SCC(=O)OC(C)(C)C)c1N. The molecule has 0 saturated carbocycles. The zero-order valence-electron chi connectivity index (χ0n) is 11.9. The third-order valence-electron chi connectivity index (χ3n) is 2.09. The Labute approximate surface area is 118 Å². The van der Waals surface area contributed by atoms with Gasteiger partial charge in [0, 0.05) is 4.90 Å². The summed E-state index contributed by atoms with van der Waals surface area (Å²) < 4.78 is 10.7. The minimum Gasteiger partial charge on any atom is -0.492 e. The first kappa shape index (κ1) is 15.7. The van der Waals surface area contributed by atoms with Crippen molar-refractivity contribution in [2.75, 3.05) is 18.1 Å². The van der Waals surface area contributed by atoms with Gasteiger partial charge in [-0.2, -0.15) is 0 Å². The first-order valence-electron chi connectivity index (χ1n) is 6.19. The molecule has 0 aliphatic carbocycles. The van der Waals surface area contributed by atoms with Crippen molar-refractivity contribution in [1.29, 1.82) is 0 Å². The highest BCUT2D eigenvalue weighted by molar-refractivity contribution is 8.00. The number of nitrogen functional groups attached to an aromatic ring is 1. The van der Waals surface area contributed by atoms with Crippen LogP contribution >= 0.6 is 11.8 Å². The van der Waals surface area contributed by atoms with Crippen LogP contribution in [0.2, 0.25) is 0 Å². The summed E-state index contributed by atoms with van der Waals surface area (Å²) >= 11 is 1.36. The van der Waals surface area contributed by atoms with Gasteiger partial charge in [0.1, 0.15) is 11.4 Å². The van der Waals surface area contributed by atoms with Crippen molar-refractivity contribution in [1.82, 2.24) is 0 Å². The number of carbonyl (C=O) groups excluding carboxylic acids is 1. The Kier molecular flexibility index (Phi) is 5.54. The van der Waals surface area contributed by atoms with Crippen LogP contribution in [-0.2, 0) is 9.53 Å². The summed E-state index contributed by atoms with van der Waals surface area (Å²) in [6, 6.07) is 5.54. The fourth-order valence-corrected chi connectivity index (χ4v) is 2.20. The maximum absolute atomic E-state index is 11.6. The standard InChI is InChI=1S/C14H21NO3S/c1-5-17-10-7-6-8-11(13(10)15)19-9-12(16)18-14(2,3)4/h6-8H,5,9,15H2,1-4H3. The van der Waals surface area contributed by atoms with Gasteiger partial charge >= 0.3 is 5.97 Å². The van der Waals surface area contributed by atoms with Gasteiger partial charge in [-0.3, -0.25) is 4.79 Å². The Bertz CT molecular complexity index is 441. The van der Waals surface area contributed by atoms with Crippen LogP contribution in [0.15, 0.2) is 23.1 Å². The second-order valence-electron chi connectivity index (χ2n) is 4.98. The topological polar surface area (TPSA) is 61.5 Å². The van der Waals surface area contributed by atoms with Gasteiger partial charge in [-0.05, 0) is 39.8 Å². The molecular formula is C14H21NO3S. The molecule has 1 rings (SSSR count). The molecule has 19 heavy (non-hydrogen) atoms. The summed E-state index contributed by atoms with van der Waals surface area (Å²) in [5.41, 5.74) is 6.09. The van der Waals surface area contributed by atoms with Gasteiger partial charge < -0.3 is 15.2 Å². The van der Waals surface area contributed by atoms with Gasteiger partial charge in [0.2, 0.25) is 0 Å². The van der Waals surface area contributed by atoms with E-state index in [0.29, 0.717) is 18.0 Å². The monoisotopic (exact) mass is 283 g/mol. The number of anilines is 1. The lowest BCUT2D eigenvalue weighted by molar-refractivity contribution is -0.151. The van der Waals surface area contributed by atoms with E-state index in [4.69, 9.17) is 15.2 Å². The van der Waals surface area contributed by atoms with Crippen LogP contribution in [0.3, 0.4) is 0 Å². The number of thioether (sulfide) groups is 1. The molecular weight excluding hydrogens is 262 g/mol. The van der Waals surface area contributed by atoms with Crippen molar-refractivity contribution in [2.24, 2.45) is 0 Å². The van der Waals surface area contributed by atoms with Crippen molar-refractivity contribution in [3.8, 4) is 5.75 Å². The highest BCUT2D eigenvalue weighted by Crippen LogP contribution is 2.32. The van der Waals surface area contributed by atoms with E-state index in [0.717, 1.165) is 4.90 Å². The number of hydrogen-bond donors (Lipinski definition) is 1. The van der Waals surface area contributed by atoms with Crippen molar-refractivity contribution >= 4 is 23.4 Å². The molecule has 1 aromatic carbocycles. The van der Waals surface area contributed by atoms with Crippen LogP contribution in [-0.4, -0.2) is 23.9 Å². The number of rotatable bonds is 5. The molecule has 0 fully saturated rings. The van der Waals surface area contributed by atoms with Crippen LogP contribution < -0.4 is 10.5 Å². The van der Waals surface area contributed by atoms with Crippen molar-refractivity contribution in [3.05, 3.63) is 18.2 Å². The van der Waals surface area contributed by atoms with E-state index < -0.39 is 5.60 Å². The number of esters is 1. The smallest absolute Gasteiger partial charge is 0.316 e. The molecule has 0 atom stereocenters. The fraction of sp³-hybridized carbons (Fsp3) is 0.500. The molecule has 5 heteroatoms. The number of para-hydroxylation sites is 1. The Morgan fingerprint density at radius 1 is 1.37 bits per heavy atom. The Morgan fingerprint density at radius 2 is 2.05 bits per heavy atom. The van der Waals surface area contributed by atoms with Crippen LogP contribution in [0.4, 0.5) is 5.69 Å². The van der Waals surface area contributed by atoms with Gasteiger partial charge in [-0.15, -0.1) is 11.8 Å². The first-order chi connectivity index (χ1) is 8.83. The Hall–Kier alpha value is -1.36. The van der Waals surface area contributed by atoms with Gasteiger partial charge in [0.15, 0.2) is 0 Å². The summed E-state index contributed by atoms with van der Waals surface area (Å²) in [5, 5.41) is 0. The quantitative estimate of drug-likeness (QED) is 0.511. The molecule has 0 unspecified atom stereocenters. The number of hydrogen-bond acceptors (Lipinski definition) is 5. The average Bonchev–Trinajstić information content (AvgIpc) is 2.28. The predicted octanol–water partition coefficient (Wildman–Crippen LogP) is 3.10. The van der Waals surface area contributed by atoms with Crippen LogP contribution in [0.25, 0.3) is 0 Å². The van der Waals surface area contributed by atoms with E-state index in [2.05, 4.69) is 0 Å². The molecule has 2 N–H and O–H groups in total. The number of nitrogens with two attached hydrogens (primary N) is 1. The lowest BCUT2D eigenvalue weighted by Gasteiger charge is -2.19. The lowest BCUT2D eigenvalue weighted by atomic mass is 10.2. The maximum Gasteiger partial charge on any atom is 0.316 e. The molecule has 0 saturated heterocycles. The zero-order valence-corrected chi connectivity index (χ0v) is 12.7. The van der Waals surface area contributed by atoms with E-state index in [1.807, 2.05) is 45.9 Å². The summed E-state index contributed by atoms with van der Waals surface area (Å²) in [6.07, 6.45) is 0. The Balaban J connectivity index is 2.63. The second-order valence-corrected chi connectivity index (χ2v) is 5.99. The molecule has 0 radical (unpaired) electrons. The lowest BCUT2D eigenvalue weighted by Crippen LogP contribution is -2.24. The van der Waals surface area contributed by atoms with E-state index >= 15 is 0 Å². The number of carbonyl (C=O) groups is 1. The molecule has 0 amide bonds. The van der Waals surface area contributed by atoms with E-state index in [-0.39, 0.29) is 11.7 Å². The molecule has 0 spiro atoms. The van der Waals surface area contributed by atoms with Gasteiger partial charge in [0.25, 0.3) is 0 Å². The van der Waals surface area contributed by atoms with Crippen molar-refractivity contribution in [2.45, 2.75) is 38.2 Å². The van der Waals surface area contributed by atoms with Gasteiger partial charge in [-0.1, -0.05) is 6.07 Å². The third-order valence-corrected chi connectivity index (χ3v) is 3.14. The van der Waals surface area contributed by atoms with Crippen molar-refractivity contribution in [3.63, 3.8) is 0 Å². The van der Waals surface area contributed by atoms with E-state index in [1.54, 1.807) is 0 Å². The van der Waals surface area contributed by atoms with Crippen molar-refractivity contribution < 1.29 is 14.3 Å². The fourth-order valence-electron chi connectivity index (χ4n) is 1.44. The largest absolute Gasteiger partial charge is 0.492 e. The van der Waals surface area contributed by atoms with Crippen LogP contribution in [0, 0.1) is 0 Å². The second kappa shape index (κ2) is 6.70. The number of ether oxygens (including phenoxy) is 2. The minimum atomic E-state index is -0.462. The Morgan fingerprint density at radius 3 is 2.63 bits per heavy atom. The molecule has 4 nitrogen and oxygen atoms in total. The van der Waals surface area contributed by atoms with Crippen LogP contribution in [0.5, 0.6) is 5.75 Å². The zero-order chi connectivity index (χ0) is 14.5. The third kappa shape index (κ3) is 5.42. The summed E-state index contributed by atoms with van der Waals surface area (Å²) in [4.78, 5) is 12.5. The normalized spacial score (nSPS) is 11.2. The first-order valence-corrected chi connectivity index (χ1v) is 7.18. The minimum absolute atomic E-state index is 0.233. The van der Waals surface area contributed by atoms with Gasteiger partial charge in [0.05, 0.1) is 18.0 Å². The summed E-state index contributed by atoms with van der Waals surface area (Å²) in [5.74, 6) is 0.632. The molecule has 0 aromatic heterocycles. The molecule has 106 valence electrons. The molecule has 0 bridgehead atoms. The van der Waals surface area contributed by atoms with E-state index in [1.165, 1.54) is 11.8 Å². The van der Waals surface area contributed by atoms with E-state index in [9.17, 15) is 4.79 Å². The highest BCUT2D eigenvalue weighted by atomic mass is 32.2. The number of benzene rings is 1. The molecule has 1 aromatic rings.